The van der Waals surface area contributed by atoms with Gasteiger partial charge in [-0.15, -0.1) is 0 Å². The predicted molar refractivity (Wildman–Crippen MR) is 75.4 cm³/mol. The lowest BCUT2D eigenvalue weighted by molar-refractivity contribution is 0.0697. The van der Waals surface area contributed by atoms with Crippen LogP contribution < -0.4 is 5.32 Å². The highest BCUT2D eigenvalue weighted by atomic mass is 35.5. The van der Waals surface area contributed by atoms with Crippen LogP contribution in [-0.2, 0) is 0 Å². The van der Waals surface area contributed by atoms with E-state index in [2.05, 4.69) is 10.3 Å². The molecule has 6 heteroatoms. The summed E-state index contributed by atoms with van der Waals surface area (Å²) in [6.07, 6.45) is 0. The van der Waals surface area contributed by atoms with Crippen molar-refractivity contribution in [1.29, 1.82) is 5.26 Å². The summed E-state index contributed by atoms with van der Waals surface area (Å²) in [6.45, 7) is 1.77. The van der Waals surface area contributed by atoms with Crippen LogP contribution in [0.2, 0.25) is 5.02 Å². The van der Waals surface area contributed by atoms with Gasteiger partial charge in [-0.05, 0) is 37.3 Å². The quantitative estimate of drug-likeness (QED) is 0.904. The van der Waals surface area contributed by atoms with Crippen LogP contribution in [0.1, 0.15) is 21.6 Å². The Morgan fingerprint density at radius 2 is 2.15 bits per heavy atom. The monoisotopic (exact) mass is 287 g/mol. The SMILES string of the molecule is Cc1cc(C#N)cc(Nc2ccc(Cl)c(C(=O)O)c2)n1. The molecule has 0 saturated carbocycles. The van der Waals surface area contributed by atoms with Crippen molar-refractivity contribution >= 4 is 29.1 Å². The molecule has 1 aromatic heterocycles. The van der Waals surface area contributed by atoms with Crippen LogP contribution in [0, 0.1) is 18.3 Å². The van der Waals surface area contributed by atoms with E-state index in [0.29, 0.717) is 22.8 Å². The van der Waals surface area contributed by atoms with Crippen LogP contribution in [-0.4, -0.2) is 16.1 Å². The summed E-state index contributed by atoms with van der Waals surface area (Å²) in [4.78, 5) is 15.2. The maximum atomic E-state index is 11.0. The Hall–Kier alpha value is -2.58. The molecule has 0 bridgehead atoms. The first-order valence-corrected chi connectivity index (χ1v) is 6.06. The number of benzene rings is 1. The normalized spacial score (nSPS) is 9.85. The number of hydrogen-bond acceptors (Lipinski definition) is 4. The van der Waals surface area contributed by atoms with Crippen molar-refractivity contribution < 1.29 is 9.90 Å². The molecule has 0 amide bonds. The lowest BCUT2D eigenvalue weighted by atomic mass is 10.2. The first-order chi connectivity index (χ1) is 9.49. The van der Waals surface area contributed by atoms with Gasteiger partial charge in [0.15, 0.2) is 0 Å². The number of aromatic carboxylic acids is 1. The second-order valence-electron chi connectivity index (χ2n) is 4.12. The Morgan fingerprint density at radius 3 is 2.80 bits per heavy atom. The van der Waals surface area contributed by atoms with E-state index in [-0.39, 0.29) is 10.6 Å². The van der Waals surface area contributed by atoms with Gasteiger partial charge in [-0.3, -0.25) is 0 Å². The molecule has 0 radical (unpaired) electrons. The van der Waals surface area contributed by atoms with Crippen LogP contribution in [0.4, 0.5) is 11.5 Å². The minimum Gasteiger partial charge on any atom is -0.478 e. The number of carboxylic acid groups (broad SMARTS) is 1. The summed E-state index contributed by atoms with van der Waals surface area (Å²) in [5.41, 5.74) is 1.71. The highest BCUT2D eigenvalue weighted by Crippen LogP contribution is 2.23. The van der Waals surface area contributed by atoms with Gasteiger partial charge in [0.25, 0.3) is 0 Å². The van der Waals surface area contributed by atoms with Crippen molar-refractivity contribution in [2.75, 3.05) is 5.32 Å². The summed E-state index contributed by atoms with van der Waals surface area (Å²) in [7, 11) is 0. The van der Waals surface area contributed by atoms with Crippen molar-refractivity contribution in [2.24, 2.45) is 0 Å². The fraction of sp³-hybridized carbons (Fsp3) is 0.0714. The molecule has 0 spiro atoms. The molecule has 0 aliphatic heterocycles. The van der Waals surface area contributed by atoms with Crippen molar-refractivity contribution in [3.8, 4) is 6.07 Å². The lowest BCUT2D eigenvalue weighted by Gasteiger charge is -2.08. The number of halogens is 1. The Bertz CT molecular complexity index is 723. The zero-order chi connectivity index (χ0) is 14.7. The van der Waals surface area contributed by atoms with Crippen LogP contribution in [0.3, 0.4) is 0 Å². The molecule has 5 nitrogen and oxygen atoms in total. The molecule has 1 aromatic carbocycles. The number of anilines is 2. The lowest BCUT2D eigenvalue weighted by Crippen LogP contribution is -2.01. The topological polar surface area (TPSA) is 86.0 Å². The Morgan fingerprint density at radius 1 is 1.40 bits per heavy atom. The Kier molecular flexibility index (Phi) is 3.87. The second kappa shape index (κ2) is 5.59. The molecule has 0 unspecified atom stereocenters. The third kappa shape index (κ3) is 3.05. The molecule has 2 aromatic rings. The zero-order valence-electron chi connectivity index (χ0n) is 10.5. The van der Waals surface area contributed by atoms with Gasteiger partial charge in [0, 0.05) is 11.4 Å². The third-order valence-corrected chi connectivity index (χ3v) is 2.88. The van der Waals surface area contributed by atoms with Crippen LogP contribution in [0.25, 0.3) is 0 Å². The van der Waals surface area contributed by atoms with Crippen molar-refractivity contribution in [2.45, 2.75) is 6.92 Å². The van der Waals surface area contributed by atoms with Crippen LogP contribution >= 0.6 is 11.6 Å². The Labute approximate surface area is 120 Å². The largest absolute Gasteiger partial charge is 0.478 e. The van der Waals surface area contributed by atoms with E-state index in [9.17, 15) is 4.79 Å². The summed E-state index contributed by atoms with van der Waals surface area (Å²) in [5.74, 6) is -0.631. The van der Waals surface area contributed by atoms with Crippen molar-refractivity contribution in [1.82, 2.24) is 4.98 Å². The molecular formula is C14H10ClN3O2. The maximum Gasteiger partial charge on any atom is 0.337 e. The second-order valence-corrected chi connectivity index (χ2v) is 4.53. The van der Waals surface area contributed by atoms with E-state index in [1.54, 1.807) is 25.1 Å². The van der Waals surface area contributed by atoms with Crippen molar-refractivity contribution in [3.05, 3.63) is 52.2 Å². The number of nitrogens with one attached hydrogen (secondary N) is 1. The molecule has 2 N–H and O–H groups in total. The number of nitrogens with zero attached hydrogens (tertiary/aromatic N) is 2. The highest BCUT2D eigenvalue weighted by molar-refractivity contribution is 6.33. The molecule has 20 heavy (non-hydrogen) atoms. The standard InChI is InChI=1S/C14H10ClN3O2/c1-8-4-9(7-16)5-13(17-8)18-10-2-3-12(15)11(6-10)14(19)20/h2-6H,1H3,(H,17,18)(H,19,20). The zero-order valence-corrected chi connectivity index (χ0v) is 11.3. The molecular weight excluding hydrogens is 278 g/mol. The molecule has 0 fully saturated rings. The van der Waals surface area contributed by atoms with E-state index < -0.39 is 5.97 Å². The molecule has 0 saturated heterocycles. The Balaban J connectivity index is 2.35. The predicted octanol–water partition coefficient (Wildman–Crippen LogP) is 3.36. The number of carbonyl (C=O) groups is 1. The van der Waals surface area contributed by atoms with Gasteiger partial charge in [-0.25, -0.2) is 9.78 Å². The van der Waals surface area contributed by atoms with Crippen molar-refractivity contribution in [3.63, 3.8) is 0 Å². The van der Waals surface area contributed by atoms with Gasteiger partial charge < -0.3 is 10.4 Å². The summed E-state index contributed by atoms with van der Waals surface area (Å²) >= 11 is 5.80. The summed E-state index contributed by atoms with van der Waals surface area (Å²) < 4.78 is 0. The van der Waals surface area contributed by atoms with Crippen LogP contribution in [0.5, 0.6) is 0 Å². The maximum absolute atomic E-state index is 11.0. The molecule has 0 aliphatic carbocycles. The highest BCUT2D eigenvalue weighted by Gasteiger charge is 2.10. The minimum absolute atomic E-state index is 0.00447. The minimum atomic E-state index is -1.10. The summed E-state index contributed by atoms with van der Waals surface area (Å²) in [6, 6.07) is 9.84. The average molecular weight is 288 g/mol. The van der Waals surface area contributed by atoms with Crippen LogP contribution in [0.15, 0.2) is 30.3 Å². The van der Waals surface area contributed by atoms with E-state index in [4.69, 9.17) is 22.0 Å². The van der Waals surface area contributed by atoms with E-state index in [1.807, 2.05) is 6.07 Å². The van der Waals surface area contributed by atoms with Gasteiger partial charge in [-0.1, -0.05) is 11.6 Å². The molecule has 2 rings (SSSR count). The van der Waals surface area contributed by atoms with Gasteiger partial charge in [0.05, 0.1) is 22.2 Å². The number of hydrogen-bond donors (Lipinski definition) is 2. The fourth-order valence-corrected chi connectivity index (χ4v) is 1.91. The number of aryl methyl sites for hydroxylation is 1. The number of pyridine rings is 1. The van der Waals surface area contributed by atoms with E-state index >= 15 is 0 Å². The average Bonchev–Trinajstić information content (AvgIpc) is 2.40. The van der Waals surface area contributed by atoms with Gasteiger partial charge in [0.1, 0.15) is 5.82 Å². The molecule has 100 valence electrons. The van der Waals surface area contributed by atoms with E-state index in [0.717, 1.165) is 0 Å². The first-order valence-electron chi connectivity index (χ1n) is 5.68. The van der Waals surface area contributed by atoms with Gasteiger partial charge >= 0.3 is 5.97 Å². The summed E-state index contributed by atoms with van der Waals surface area (Å²) in [5, 5.41) is 21.0. The third-order valence-electron chi connectivity index (χ3n) is 2.55. The smallest absolute Gasteiger partial charge is 0.337 e. The number of carboxylic acids is 1. The number of aromatic nitrogens is 1. The molecule has 0 aliphatic rings. The number of rotatable bonds is 3. The first kappa shape index (κ1) is 13.8. The number of nitriles is 1. The van der Waals surface area contributed by atoms with E-state index in [1.165, 1.54) is 12.1 Å². The fourth-order valence-electron chi connectivity index (χ4n) is 1.71. The molecule has 0 atom stereocenters. The van der Waals surface area contributed by atoms with Gasteiger partial charge in [-0.2, -0.15) is 5.26 Å². The van der Waals surface area contributed by atoms with Gasteiger partial charge in [0.2, 0.25) is 0 Å². The molecule has 1 heterocycles.